The number of hydrogen-bond acceptors (Lipinski definition) is 4. The SMILES string of the molecule is CCOC(=O)c1ccc(N=C(c2ccccc2)C2C(=O)Nc3cc(-c4ccccc4C)ccc32)cc1. The number of carbonyl (C=O) groups excluding carboxylic acids is 2. The Morgan fingerprint density at radius 3 is 2.33 bits per heavy atom. The van der Waals surface area contributed by atoms with Crippen molar-refractivity contribution in [2.24, 2.45) is 4.99 Å². The number of rotatable bonds is 6. The number of esters is 1. The van der Waals surface area contributed by atoms with Crippen molar-refractivity contribution in [1.82, 2.24) is 0 Å². The van der Waals surface area contributed by atoms with Gasteiger partial charge in [0, 0.05) is 5.69 Å². The maximum Gasteiger partial charge on any atom is 0.338 e. The van der Waals surface area contributed by atoms with Gasteiger partial charge in [0.2, 0.25) is 5.91 Å². The molecule has 5 heteroatoms. The summed E-state index contributed by atoms with van der Waals surface area (Å²) in [5, 5.41) is 3.07. The highest BCUT2D eigenvalue weighted by atomic mass is 16.5. The Morgan fingerprint density at radius 1 is 0.889 bits per heavy atom. The smallest absolute Gasteiger partial charge is 0.338 e. The summed E-state index contributed by atoms with van der Waals surface area (Å²) in [6.45, 7) is 4.17. The molecule has 1 aliphatic heterocycles. The first kappa shape index (κ1) is 23.2. The summed E-state index contributed by atoms with van der Waals surface area (Å²) in [5.74, 6) is -1.04. The van der Waals surface area contributed by atoms with Gasteiger partial charge in [-0.2, -0.15) is 0 Å². The average molecular weight is 475 g/mol. The van der Waals surface area contributed by atoms with Gasteiger partial charge in [-0.1, -0.05) is 66.7 Å². The lowest BCUT2D eigenvalue weighted by Crippen LogP contribution is -2.21. The van der Waals surface area contributed by atoms with Gasteiger partial charge < -0.3 is 10.1 Å². The van der Waals surface area contributed by atoms with E-state index in [-0.39, 0.29) is 11.9 Å². The van der Waals surface area contributed by atoms with Crippen molar-refractivity contribution in [3.8, 4) is 11.1 Å². The molecule has 4 aromatic carbocycles. The molecule has 1 aliphatic rings. The van der Waals surface area contributed by atoms with E-state index in [0.717, 1.165) is 27.9 Å². The number of carbonyl (C=O) groups is 2. The van der Waals surface area contributed by atoms with Crippen LogP contribution in [0.25, 0.3) is 11.1 Å². The van der Waals surface area contributed by atoms with Gasteiger partial charge in [-0.15, -0.1) is 0 Å². The van der Waals surface area contributed by atoms with Crippen LogP contribution in [0.4, 0.5) is 11.4 Å². The van der Waals surface area contributed by atoms with E-state index in [1.807, 2.05) is 54.6 Å². The number of hydrogen-bond donors (Lipinski definition) is 1. The van der Waals surface area contributed by atoms with Crippen LogP contribution in [0.1, 0.15) is 39.9 Å². The molecule has 0 radical (unpaired) electrons. The van der Waals surface area contributed by atoms with Crippen LogP contribution in [0.3, 0.4) is 0 Å². The maximum absolute atomic E-state index is 13.3. The monoisotopic (exact) mass is 474 g/mol. The third-order valence-electron chi connectivity index (χ3n) is 6.31. The van der Waals surface area contributed by atoms with Crippen LogP contribution in [0, 0.1) is 6.92 Å². The van der Waals surface area contributed by atoms with Crippen molar-refractivity contribution in [3.05, 3.63) is 119 Å². The quantitative estimate of drug-likeness (QED) is 0.250. The number of anilines is 1. The van der Waals surface area contributed by atoms with E-state index in [2.05, 4.69) is 30.4 Å². The number of amides is 1. The lowest BCUT2D eigenvalue weighted by Gasteiger charge is -2.14. The Bertz CT molecular complexity index is 1460. The van der Waals surface area contributed by atoms with Crippen LogP contribution < -0.4 is 5.32 Å². The molecule has 4 aromatic rings. The lowest BCUT2D eigenvalue weighted by molar-refractivity contribution is -0.115. The highest BCUT2D eigenvalue weighted by molar-refractivity contribution is 6.24. The summed E-state index contributed by atoms with van der Waals surface area (Å²) in [6, 6.07) is 31.0. The first-order valence-electron chi connectivity index (χ1n) is 12.0. The number of aryl methyl sites for hydroxylation is 1. The predicted molar refractivity (Wildman–Crippen MR) is 143 cm³/mol. The average Bonchev–Trinajstić information content (AvgIpc) is 3.23. The summed E-state index contributed by atoms with van der Waals surface area (Å²) in [7, 11) is 0. The third kappa shape index (κ3) is 4.56. The second-order valence-corrected chi connectivity index (χ2v) is 8.67. The predicted octanol–water partition coefficient (Wildman–Crippen LogP) is 6.70. The molecule has 0 aromatic heterocycles. The van der Waals surface area contributed by atoms with Crippen LogP contribution in [0.5, 0.6) is 0 Å². The second kappa shape index (κ2) is 10.0. The van der Waals surface area contributed by atoms with Crippen LogP contribution in [0.2, 0.25) is 0 Å². The Labute approximate surface area is 210 Å². The molecule has 1 N–H and O–H groups in total. The minimum Gasteiger partial charge on any atom is -0.462 e. The topological polar surface area (TPSA) is 67.8 Å². The normalized spacial score (nSPS) is 14.8. The molecule has 1 atom stereocenters. The van der Waals surface area contributed by atoms with E-state index < -0.39 is 5.92 Å². The van der Waals surface area contributed by atoms with E-state index in [9.17, 15) is 9.59 Å². The molecule has 178 valence electrons. The van der Waals surface area contributed by atoms with Crippen molar-refractivity contribution in [2.45, 2.75) is 19.8 Å². The Morgan fingerprint density at radius 2 is 1.61 bits per heavy atom. The van der Waals surface area contributed by atoms with Gasteiger partial charge in [-0.05, 0) is 72.0 Å². The number of benzene rings is 4. The van der Waals surface area contributed by atoms with Crippen molar-refractivity contribution >= 4 is 29.0 Å². The maximum atomic E-state index is 13.3. The zero-order chi connectivity index (χ0) is 25.1. The van der Waals surface area contributed by atoms with E-state index in [0.29, 0.717) is 23.6 Å². The molecule has 1 amide bonds. The Balaban J connectivity index is 1.56. The summed E-state index contributed by atoms with van der Waals surface area (Å²) < 4.78 is 5.07. The van der Waals surface area contributed by atoms with Gasteiger partial charge in [-0.3, -0.25) is 9.79 Å². The molecule has 0 bridgehead atoms. The lowest BCUT2D eigenvalue weighted by atomic mass is 9.89. The zero-order valence-corrected chi connectivity index (χ0v) is 20.2. The van der Waals surface area contributed by atoms with Gasteiger partial charge in [0.1, 0.15) is 5.92 Å². The number of ether oxygens (including phenoxy) is 1. The summed E-state index contributed by atoms with van der Waals surface area (Å²) in [5.41, 5.74) is 7.69. The number of aliphatic imine (C=N–C) groups is 1. The van der Waals surface area contributed by atoms with Crippen LogP contribution >= 0.6 is 0 Å². The third-order valence-corrected chi connectivity index (χ3v) is 6.31. The fraction of sp³-hybridized carbons (Fsp3) is 0.129. The number of nitrogens with one attached hydrogen (secondary N) is 1. The van der Waals surface area contributed by atoms with Crippen molar-refractivity contribution in [1.29, 1.82) is 0 Å². The van der Waals surface area contributed by atoms with Crippen LogP contribution in [-0.2, 0) is 9.53 Å². The molecule has 5 nitrogen and oxygen atoms in total. The van der Waals surface area contributed by atoms with E-state index >= 15 is 0 Å². The highest BCUT2D eigenvalue weighted by Gasteiger charge is 2.35. The zero-order valence-electron chi connectivity index (χ0n) is 20.2. The van der Waals surface area contributed by atoms with Gasteiger partial charge in [0.05, 0.1) is 23.6 Å². The molecule has 0 fully saturated rings. The first-order valence-corrected chi connectivity index (χ1v) is 12.0. The molecule has 0 aliphatic carbocycles. The summed E-state index contributed by atoms with van der Waals surface area (Å²) in [6.07, 6.45) is 0. The van der Waals surface area contributed by atoms with E-state index in [4.69, 9.17) is 9.73 Å². The number of nitrogens with zero attached hydrogens (tertiary/aromatic N) is 1. The molecular formula is C31H26N2O3. The van der Waals surface area contributed by atoms with Crippen LogP contribution in [-0.4, -0.2) is 24.2 Å². The van der Waals surface area contributed by atoms with Gasteiger partial charge in [0.15, 0.2) is 0 Å². The summed E-state index contributed by atoms with van der Waals surface area (Å²) >= 11 is 0. The molecular weight excluding hydrogens is 448 g/mol. The minimum absolute atomic E-state index is 0.113. The Hall–Kier alpha value is -4.51. The first-order chi connectivity index (χ1) is 17.5. The molecule has 1 heterocycles. The highest BCUT2D eigenvalue weighted by Crippen LogP contribution is 2.39. The van der Waals surface area contributed by atoms with E-state index in [1.165, 1.54) is 5.56 Å². The molecule has 5 rings (SSSR count). The molecule has 0 saturated carbocycles. The van der Waals surface area contributed by atoms with Crippen molar-refractivity contribution in [3.63, 3.8) is 0 Å². The van der Waals surface area contributed by atoms with E-state index in [1.54, 1.807) is 31.2 Å². The van der Waals surface area contributed by atoms with Crippen molar-refractivity contribution < 1.29 is 14.3 Å². The minimum atomic E-state index is -0.557. The van der Waals surface area contributed by atoms with Crippen LogP contribution in [0.15, 0.2) is 102 Å². The standard InChI is InChI=1S/C31H26N2O3/c1-3-36-31(35)22-13-16-24(17-14-22)32-29(21-10-5-4-6-11-21)28-26-18-15-23(19-27(26)33-30(28)34)25-12-8-7-9-20(25)2/h4-19,28H,3H2,1-2H3,(H,33,34). The largest absolute Gasteiger partial charge is 0.462 e. The molecule has 0 saturated heterocycles. The fourth-order valence-corrected chi connectivity index (χ4v) is 4.53. The van der Waals surface area contributed by atoms with Crippen molar-refractivity contribution in [2.75, 3.05) is 11.9 Å². The Kier molecular flexibility index (Phi) is 6.46. The molecule has 0 spiro atoms. The molecule has 36 heavy (non-hydrogen) atoms. The number of fused-ring (bicyclic) bond motifs is 1. The molecule has 1 unspecified atom stereocenters. The summed E-state index contributed by atoms with van der Waals surface area (Å²) in [4.78, 5) is 30.2. The van der Waals surface area contributed by atoms with Gasteiger partial charge >= 0.3 is 5.97 Å². The van der Waals surface area contributed by atoms with Gasteiger partial charge in [0.25, 0.3) is 0 Å². The van der Waals surface area contributed by atoms with Gasteiger partial charge in [-0.25, -0.2) is 4.79 Å². The fourth-order valence-electron chi connectivity index (χ4n) is 4.53. The second-order valence-electron chi connectivity index (χ2n) is 8.67.